The van der Waals surface area contributed by atoms with Crippen molar-refractivity contribution in [1.29, 1.82) is 0 Å². The van der Waals surface area contributed by atoms with E-state index in [0.29, 0.717) is 16.7 Å². The van der Waals surface area contributed by atoms with Crippen LogP contribution in [0.1, 0.15) is 24.0 Å². The van der Waals surface area contributed by atoms with E-state index in [9.17, 15) is 9.59 Å². The number of fused-ring (bicyclic) bond motifs is 2. The molecule has 0 N–H and O–H groups in total. The minimum absolute atomic E-state index is 0.0168. The molecule has 1 fully saturated rings. The number of ether oxygens (including phenoxy) is 2. The second-order valence-electron chi connectivity index (χ2n) is 5.81. The molecular formula is C20H16O4. The summed E-state index contributed by atoms with van der Waals surface area (Å²) in [5.41, 5.74) is 2.43. The number of hydrogen-bond donors (Lipinski definition) is 0. The van der Waals surface area contributed by atoms with E-state index in [-0.39, 0.29) is 13.2 Å². The number of carbonyl (C=O) groups excluding carboxylic acids is 2. The number of rotatable bonds is 3. The van der Waals surface area contributed by atoms with E-state index in [1.54, 1.807) is 24.3 Å². The molecule has 24 heavy (non-hydrogen) atoms. The number of esters is 2. The van der Waals surface area contributed by atoms with Crippen LogP contribution in [0.25, 0.3) is 6.08 Å². The van der Waals surface area contributed by atoms with Crippen LogP contribution in [0.5, 0.6) is 0 Å². The summed E-state index contributed by atoms with van der Waals surface area (Å²) in [5.74, 6) is -3.48. The van der Waals surface area contributed by atoms with Crippen molar-refractivity contribution in [1.82, 2.24) is 0 Å². The molecule has 1 aliphatic carbocycles. The summed E-state index contributed by atoms with van der Waals surface area (Å²) in [4.78, 5) is 24.9. The lowest BCUT2D eigenvalue weighted by Crippen LogP contribution is -2.28. The third kappa shape index (κ3) is 2.50. The van der Waals surface area contributed by atoms with E-state index in [4.69, 9.17) is 10.8 Å². The van der Waals surface area contributed by atoms with Crippen LogP contribution in [0.3, 0.4) is 0 Å². The van der Waals surface area contributed by atoms with Crippen LogP contribution < -0.4 is 0 Å². The topological polar surface area (TPSA) is 52.6 Å². The molecule has 1 heterocycles. The molecular weight excluding hydrogens is 304 g/mol. The Morgan fingerprint density at radius 1 is 1.17 bits per heavy atom. The summed E-state index contributed by atoms with van der Waals surface area (Å²) in [6.45, 7) is 0.103. The molecule has 2 aromatic carbocycles. The van der Waals surface area contributed by atoms with Crippen molar-refractivity contribution >= 4 is 18.0 Å². The average molecular weight is 321 g/mol. The molecule has 2 aliphatic rings. The number of benzene rings is 2. The fraction of sp³-hybridized carbons (Fsp3) is 0.200. The van der Waals surface area contributed by atoms with Crippen LogP contribution >= 0.6 is 0 Å². The summed E-state index contributed by atoms with van der Waals surface area (Å²) >= 11 is 0. The van der Waals surface area contributed by atoms with Crippen molar-refractivity contribution in [3.63, 3.8) is 0 Å². The second-order valence-corrected chi connectivity index (χ2v) is 5.81. The fourth-order valence-electron chi connectivity index (χ4n) is 3.15. The zero-order valence-electron chi connectivity index (χ0n) is 13.9. The van der Waals surface area contributed by atoms with E-state index in [0.717, 1.165) is 5.56 Å². The van der Waals surface area contributed by atoms with E-state index >= 15 is 0 Å². The summed E-state index contributed by atoms with van der Waals surface area (Å²) in [6, 6.07) is 16.4. The molecule has 0 bridgehead atoms. The van der Waals surface area contributed by atoms with Gasteiger partial charge in [-0.1, -0.05) is 54.6 Å². The van der Waals surface area contributed by atoms with Gasteiger partial charge in [0.05, 0.1) is 12.5 Å². The average Bonchev–Trinajstić information content (AvgIpc) is 3.02. The van der Waals surface area contributed by atoms with Gasteiger partial charge in [0.1, 0.15) is 6.61 Å². The Kier molecular flexibility index (Phi) is 3.37. The maximum atomic E-state index is 12.9. The van der Waals surface area contributed by atoms with Crippen molar-refractivity contribution in [3.8, 4) is 0 Å². The van der Waals surface area contributed by atoms with Crippen molar-refractivity contribution < 1.29 is 20.4 Å². The highest BCUT2D eigenvalue weighted by molar-refractivity contribution is 6.00. The Morgan fingerprint density at radius 3 is 2.75 bits per heavy atom. The monoisotopic (exact) mass is 321 g/mol. The molecule has 0 radical (unpaired) electrons. The minimum Gasteiger partial charge on any atom is -0.462 e. The zero-order chi connectivity index (χ0) is 17.4. The van der Waals surface area contributed by atoms with Gasteiger partial charge in [-0.15, -0.1) is 0 Å². The Morgan fingerprint density at radius 2 is 1.92 bits per heavy atom. The van der Waals surface area contributed by atoms with Gasteiger partial charge in [0.25, 0.3) is 0 Å². The van der Waals surface area contributed by atoms with Gasteiger partial charge in [-0.05, 0) is 22.8 Å². The Bertz CT molecular complexity index is 874. The van der Waals surface area contributed by atoms with Crippen LogP contribution in [0, 0.1) is 5.92 Å². The number of carbonyl (C=O) groups is 2. The Hall–Kier alpha value is -2.88. The molecule has 1 saturated heterocycles. The van der Waals surface area contributed by atoms with Gasteiger partial charge in [-0.25, -0.2) is 4.79 Å². The van der Waals surface area contributed by atoms with Gasteiger partial charge >= 0.3 is 11.9 Å². The first-order valence-corrected chi connectivity index (χ1v) is 7.80. The first kappa shape index (κ1) is 13.5. The highest BCUT2D eigenvalue weighted by Crippen LogP contribution is 2.42. The van der Waals surface area contributed by atoms with Crippen LogP contribution in [-0.2, 0) is 25.7 Å². The maximum absolute atomic E-state index is 12.9. The molecule has 0 saturated carbocycles. The first-order valence-electron chi connectivity index (χ1n) is 8.30. The largest absolute Gasteiger partial charge is 0.462 e. The van der Waals surface area contributed by atoms with Gasteiger partial charge < -0.3 is 9.47 Å². The molecule has 0 unspecified atom stereocenters. The molecule has 2 aromatic rings. The van der Waals surface area contributed by atoms with Crippen LogP contribution in [0.4, 0.5) is 0 Å². The van der Waals surface area contributed by atoms with Crippen molar-refractivity contribution in [2.75, 3.05) is 6.61 Å². The van der Waals surface area contributed by atoms with Crippen molar-refractivity contribution in [2.45, 2.75) is 12.5 Å². The normalized spacial score (nSPS) is 25.0. The van der Waals surface area contributed by atoms with Gasteiger partial charge in [-0.2, -0.15) is 0 Å². The molecule has 4 nitrogen and oxygen atoms in total. The molecule has 0 aromatic heterocycles. The molecule has 1 aliphatic heterocycles. The molecule has 2 atom stereocenters. The summed E-state index contributed by atoms with van der Waals surface area (Å²) in [7, 11) is 0. The van der Waals surface area contributed by atoms with Crippen LogP contribution in [0.2, 0.25) is 0 Å². The predicted octanol–water partition coefficient (Wildman–Crippen LogP) is 3.08. The maximum Gasteiger partial charge on any atom is 0.334 e. The summed E-state index contributed by atoms with van der Waals surface area (Å²) < 4.78 is 19.5. The van der Waals surface area contributed by atoms with Crippen LogP contribution in [-0.4, -0.2) is 18.5 Å². The molecule has 120 valence electrons. The van der Waals surface area contributed by atoms with E-state index in [1.165, 1.54) is 0 Å². The molecule has 4 rings (SSSR count). The lowest BCUT2D eigenvalue weighted by Gasteiger charge is -2.26. The van der Waals surface area contributed by atoms with Crippen molar-refractivity contribution in [2.24, 2.45) is 5.92 Å². The predicted molar refractivity (Wildman–Crippen MR) is 87.8 cm³/mol. The van der Waals surface area contributed by atoms with Gasteiger partial charge in [0.2, 0.25) is 0 Å². The van der Waals surface area contributed by atoms with Crippen molar-refractivity contribution in [3.05, 3.63) is 76.9 Å². The summed E-state index contributed by atoms with van der Waals surface area (Å²) in [5, 5.41) is 0. The van der Waals surface area contributed by atoms with Gasteiger partial charge in [0.15, 0.2) is 0 Å². The third-order valence-corrected chi connectivity index (χ3v) is 4.34. The summed E-state index contributed by atoms with van der Waals surface area (Å²) in [6.07, 6.45) is 1.71. The number of cyclic esters (lactones) is 1. The first-order chi connectivity index (χ1) is 12.1. The van der Waals surface area contributed by atoms with E-state index in [2.05, 4.69) is 0 Å². The van der Waals surface area contributed by atoms with Gasteiger partial charge in [0, 0.05) is 12.9 Å². The van der Waals surface area contributed by atoms with E-state index in [1.807, 2.05) is 36.4 Å². The quantitative estimate of drug-likeness (QED) is 0.815. The Balaban J connectivity index is 1.69. The molecule has 0 amide bonds. The van der Waals surface area contributed by atoms with Gasteiger partial charge in [-0.3, -0.25) is 4.79 Å². The standard InChI is InChI=1S/C20H16O4/c21-19-16-10-14-8-4-5-9-15(14)18(17(16)12-24-19)20(22)23-11-13-6-2-1-3-7-13/h1-10,17-18H,11-12H2/t17-,18-/m1/s1/i18D. The second kappa shape index (κ2) is 5.96. The molecule has 4 heteroatoms. The van der Waals surface area contributed by atoms with Crippen LogP contribution in [0.15, 0.2) is 60.2 Å². The highest BCUT2D eigenvalue weighted by atomic mass is 16.5. The zero-order valence-corrected chi connectivity index (χ0v) is 12.9. The Labute approximate surface area is 141 Å². The highest BCUT2D eigenvalue weighted by Gasteiger charge is 2.44. The SMILES string of the molecule is [2H][C@@]1(C(=O)OCc2ccccc2)c2ccccc2C=C2C(=O)OC[C@H]21. The smallest absolute Gasteiger partial charge is 0.334 e. The fourth-order valence-corrected chi connectivity index (χ4v) is 3.15. The number of hydrogen-bond acceptors (Lipinski definition) is 4. The molecule has 0 spiro atoms. The third-order valence-electron chi connectivity index (χ3n) is 4.34. The minimum atomic E-state index is -1.69. The van der Waals surface area contributed by atoms with E-state index < -0.39 is 23.8 Å². The lowest BCUT2D eigenvalue weighted by atomic mass is 9.76. The lowest BCUT2D eigenvalue weighted by molar-refractivity contribution is -0.148.